The van der Waals surface area contributed by atoms with Crippen LogP contribution in [-0.4, -0.2) is 0 Å². The van der Waals surface area contributed by atoms with Crippen LogP contribution in [0.25, 0.3) is 132 Å². The van der Waals surface area contributed by atoms with Crippen molar-refractivity contribution in [2.75, 3.05) is 9.80 Å². The second-order valence-electron chi connectivity index (χ2n) is 21.2. The van der Waals surface area contributed by atoms with Gasteiger partial charge in [0.05, 0.1) is 11.4 Å². The number of rotatable bonds is 8. The number of anilines is 6. The number of hydrogen-bond acceptors (Lipinski definition) is 6. The molecule has 0 saturated carbocycles. The van der Waals surface area contributed by atoms with Crippen LogP contribution in [-0.2, 0) is 0 Å². The van der Waals surface area contributed by atoms with Crippen LogP contribution in [0.4, 0.5) is 34.1 Å². The van der Waals surface area contributed by atoms with Gasteiger partial charge in [-0.15, -0.1) is 0 Å². The average Bonchev–Trinajstić information content (AvgIpc) is 4.49. The Hall–Kier alpha value is -10.8. The van der Waals surface area contributed by atoms with E-state index in [1.165, 1.54) is 0 Å². The molecular weight excluding hydrogens is 993 g/mol. The van der Waals surface area contributed by atoms with Crippen LogP contribution in [0.2, 0.25) is 0 Å². The molecule has 17 aromatic rings. The summed E-state index contributed by atoms with van der Waals surface area (Å²) in [5, 5.41) is 12.8. The minimum atomic E-state index is 0.817. The molecule has 0 N–H and O–H groups in total. The number of benzene rings is 13. The van der Waals surface area contributed by atoms with Crippen molar-refractivity contribution in [2.24, 2.45) is 0 Å². The van der Waals surface area contributed by atoms with Crippen molar-refractivity contribution in [3.63, 3.8) is 0 Å². The monoisotopic (exact) mass is 1040 g/mol. The Morgan fingerprint density at radius 2 is 0.691 bits per heavy atom. The average molecular weight is 1040 g/mol. The Labute approximate surface area is 464 Å². The van der Waals surface area contributed by atoms with E-state index in [-0.39, 0.29) is 0 Å². The van der Waals surface area contributed by atoms with Crippen LogP contribution in [0.15, 0.2) is 279 Å². The van der Waals surface area contributed by atoms with Crippen LogP contribution in [0.5, 0.6) is 0 Å². The van der Waals surface area contributed by atoms with Gasteiger partial charge in [-0.1, -0.05) is 170 Å². The van der Waals surface area contributed by atoms with E-state index >= 15 is 0 Å². The summed E-state index contributed by atoms with van der Waals surface area (Å²) in [5.74, 6) is 0. The molecule has 0 unspecified atom stereocenters. The van der Waals surface area contributed by atoms with E-state index in [0.29, 0.717) is 0 Å². The van der Waals surface area contributed by atoms with Gasteiger partial charge in [-0.25, -0.2) is 0 Å². The number of fused-ring (bicyclic) bond motifs is 15. The van der Waals surface area contributed by atoms with Gasteiger partial charge in [-0.2, -0.15) is 0 Å². The first-order valence-electron chi connectivity index (χ1n) is 27.5. The van der Waals surface area contributed by atoms with Gasteiger partial charge in [-0.3, -0.25) is 0 Å². The van der Waals surface area contributed by atoms with Gasteiger partial charge in [-0.05, 0) is 136 Å². The van der Waals surface area contributed by atoms with Crippen molar-refractivity contribution < 1.29 is 17.7 Å². The minimum absolute atomic E-state index is 0.817. The lowest BCUT2D eigenvalue weighted by Gasteiger charge is -2.25. The first-order chi connectivity index (χ1) is 40.1. The number of hydrogen-bond donors (Lipinski definition) is 0. The van der Waals surface area contributed by atoms with E-state index in [0.717, 1.165) is 171 Å². The molecular formula is C75H46N2O4. The summed E-state index contributed by atoms with van der Waals surface area (Å²) in [5.41, 5.74) is 18.1. The second-order valence-corrected chi connectivity index (χ2v) is 21.2. The molecule has 6 nitrogen and oxygen atoms in total. The van der Waals surface area contributed by atoms with Gasteiger partial charge in [0.1, 0.15) is 33.5 Å². The number of aryl methyl sites for hydroxylation is 1. The highest BCUT2D eigenvalue weighted by atomic mass is 16.3. The molecule has 0 aliphatic carbocycles. The molecule has 380 valence electrons. The molecule has 0 amide bonds. The zero-order valence-corrected chi connectivity index (χ0v) is 43.9. The van der Waals surface area contributed by atoms with Crippen molar-refractivity contribution in [1.82, 2.24) is 0 Å². The van der Waals surface area contributed by atoms with E-state index < -0.39 is 0 Å². The van der Waals surface area contributed by atoms with Gasteiger partial charge in [0, 0.05) is 77.0 Å². The Bertz CT molecular complexity index is 5370. The molecule has 0 bridgehead atoms. The van der Waals surface area contributed by atoms with Gasteiger partial charge in [0.25, 0.3) is 0 Å². The van der Waals surface area contributed by atoms with Crippen molar-refractivity contribution in [2.45, 2.75) is 6.92 Å². The lowest BCUT2D eigenvalue weighted by molar-refractivity contribution is 0.660. The summed E-state index contributed by atoms with van der Waals surface area (Å²) in [6.45, 7) is 2.11. The largest absolute Gasteiger partial charge is 0.456 e. The van der Waals surface area contributed by atoms with Crippen LogP contribution in [0.3, 0.4) is 0 Å². The number of para-hydroxylation sites is 6. The van der Waals surface area contributed by atoms with Gasteiger partial charge >= 0.3 is 0 Å². The molecule has 0 spiro atoms. The number of furan rings is 4. The van der Waals surface area contributed by atoms with Crippen LogP contribution >= 0.6 is 0 Å². The number of nitrogens with zero attached hydrogens (tertiary/aromatic N) is 2. The first kappa shape index (κ1) is 45.2. The van der Waals surface area contributed by atoms with Crippen LogP contribution in [0.1, 0.15) is 5.56 Å². The van der Waals surface area contributed by atoms with Gasteiger partial charge in [0.2, 0.25) is 0 Å². The van der Waals surface area contributed by atoms with Crippen molar-refractivity contribution in [1.29, 1.82) is 0 Å². The fourth-order valence-corrected chi connectivity index (χ4v) is 12.8. The Morgan fingerprint density at radius 3 is 1.19 bits per heavy atom. The fourth-order valence-electron chi connectivity index (χ4n) is 12.8. The molecule has 13 aromatic carbocycles. The SMILES string of the molecule is Cc1cc2oc3cc4cc(N(c5ccccc5)c5cccc6c5oc5c(-c7ccccc7)cccc56)ccc4cc3c2c2c1oc1cc3cc(N(c4ccccc4)c4cccc5c4oc4c(-c6ccccc6)cccc45)ccc3cc12. The summed E-state index contributed by atoms with van der Waals surface area (Å²) >= 11 is 0. The molecule has 4 heterocycles. The minimum Gasteiger partial charge on any atom is -0.456 e. The normalized spacial score (nSPS) is 12.0. The zero-order valence-electron chi connectivity index (χ0n) is 43.9. The maximum atomic E-state index is 6.98. The quantitative estimate of drug-likeness (QED) is 0.151. The molecule has 0 fully saturated rings. The van der Waals surface area contributed by atoms with Crippen molar-refractivity contribution in [3.05, 3.63) is 266 Å². The standard InChI is InChI=1S/C75H46N2O4/c1-45-38-68-69(62-41-48-34-36-54(39-50(48)43-66(62)78-68)76(52-22-10-4-11-23-52)64-32-16-30-60-58-28-14-26-56(72(58)80-74(60)64)46-18-6-2-7-19-46)70-63-42-49-35-37-55(40-51(49)44-67(63)79-71(45)70)77(53-24-12-5-13-25-53)65-33-17-31-61-59-29-15-27-57(73(59)81-75(61)65)47-20-8-3-9-21-47/h2-44H,1H3. The van der Waals surface area contributed by atoms with E-state index in [9.17, 15) is 0 Å². The lowest BCUT2D eigenvalue weighted by atomic mass is 9.99. The third kappa shape index (κ3) is 7.00. The molecule has 0 radical (unpaired) electrons. The molecule has 0 aliphatic heterocycles. The Morgan fingerprint density at radius 1 is 0.259 bits per heavy atom. The second kappa shape index (κ2) is 17.6. The van der Waals surface area contributed by atoms with Gasteiger partial charge < -0.3 is 27.5 Å². The molecule has 6 heteroatoms. The summed E-state index contributed by atoms with van der Waals surface area (Å²) in [6.07, 6.45) is 0. The summed E-state index contributed by atoms with van der Waals surface area (Å²) in [7, 11) is 0. The molecule has 81 heavy (non-hydrogen) atoms. The smallest absolute Gasteiger partial charge is 0.159 e. The predicted molar refractivity (Wildman–Crippen MR) is 336 cm³/mol. The molecule has 0 saturated heterocycles. The third-order valence-corrected chi connectivity index (χ3v) is 16.4. The molecule has 4 aromatic heterocycles. The summed E-state index contributed by atoms with van der Waals surface area (Å²) < 4.78 is 27.8. The van der Waals surface area contributed by atoms with Gasteiger partial charge in [0.15, 0.2) is 11.2 Å². The van der Waals surface area contributed by atoms with E-state index in [2.05, 4.69) is 265 Å². The van der Waals surface area contributed by atoms with Crippen molar-refractivity contribution >= 4 is 143 Å². The van der Waals surface area contributed by atoms with Crippen molar-refractivity contribution in [3.8, 4) is 22.3 Å². The van der Waals surface area contributed by atoms with Crippen LogP contribution in [0, 0.1) is 6.92 Å². The zero-order chi connectivity index (χ0) is 53.3. The molecule has 0 aliphatic rings. The Kier molecular flexibility index (Phi) is 9.83. The molecule has 0 atom stereocenters. The predicted octanol–water partition coefficient (Wildman–Crippen LogP) is 22.2. The third-order valence-electron chi connectivity index (χ3n) is 16.4. The first-order valence-corrected chi connectivity index (χ1v) is 27.5. The summed E-state index contributed by atoms with van der Waals surface area (Å²) in [4.78, 5) is 4.60. The van der Waals surface area contributed by atoms with Crippen LogP contribution < -0.4 is 9.80 Å². The maximum absolute atomic E-state index is 6.98. The van der Waals surface area contributed by atoms with E-state index in [1.54, 1.807) is 0 Å². The fraction of sp³-hybridized carbons (Fsp3) is 0.0133. The highest BCUT2D eigenvalue weighted by Gasteiger charge is 2.25. The maximum Gasteiger partial charge on any atom is 0.159 e. The summed E-state index contributed by atoms with van der Waals surface area (Å²) in [6, 6.07) is 92.2. The Balaban J connectivity index is 0.791. The van der Waals surface area contributed by atoms with E-state index in [1.807, 2.05) is 12.1 Å². The highest BCUT2D eigenvalue weighted by Crippen LogP contribution is 2.49. The molecule has 17 rings (SSSR count). The highest BCUT2D eigenvalue weighted by molar-refractivity contribution is 6.28. The van der Waals surface area contributed by atoms with E-state index in [4.69, 9.17) is 17.7 Å². The lowest BCUT2D eigenvalue weighted by Crippen LogP contribution is -2.10. The topological polar surface area (TPSA) is 59.0 Å².